The molecule has 0 aromatic heterocycles. The van der Waals surface area contributed by atoms with Gasteiger partial charge in [-0.1, -0.05) is 12.1 Å². The summed E-state index contributed by atoms with van der Waals surface area (Å²) in [6, 6.07) is 7.07. The van der Waals surface area contributed by atoms with E-state index in [1.165, 1.54) is 0 Å². The van der Waals surface area contributed by atoms with E-state index in [9.17, 15) is 4.79 Å². The van der Waals surface area contributed by atoms with Gasteiger partial charge >= 0.3 is 5.97 Å². The van der Waals surface area contributed by atoms with Crippen LogP contribution in [-0.2, 0) is 11.3 Å². The number of rotatable bonds is 3. The average molecular weight is 235 g/mol. The quantitative estimate of drug-likeness (QED) is 0.864. The second-order valence-corrected chi connectivity index (χ2v) is 4.42. The van der Waals surface area contributed by atoms with Gasteiger partial charge in [0.1, 0.15) is 0 Å². The van der Waals surface area contributed by atoms with E-state index in [0.29, 0.717) is 5.56 Å². The lowest BCUT2D eigenvalue weighted by Gasteiger charge is -2.31. The lowest BCUT2D eigenvalue weighted by atomic mass is 10.1. The molecule has 1 aromatic rings. The van der Waals surface area contributed by atoms with Crippen molar-refractivity contribution < 1.29 is 14.6 Å². The summed E-state index contributed by atoms with van der Waals surface area (Å²) in [7, 11) is 0. The van der Waals surface area contributed by atoms with Crippen LogP contribution in [0.5, 0.6) is 0 Å². The lowest BCUT2D eigenvalue weighted by molar-refractivity contribution is -0.0212. The Bertz CT molecular complexity index is 388. The summed E-state index contributed by atoms with van der Waals surface area (Å²) in [6.07, 6.45) is 0.280. The van der Waals surface area contributed by atoms with E-state index in [0.717, 1.165) is 31.8 Å². The first-order valence-electron chi connectivity index (χ1n) is 5.81. The van der Waals surface area contributed by atoms with Crippen molar-refractivity contribution >= 4 is 5.97 Å². The smallest absolute Gasteiger partial charge is 0.335 e. The van der Waals surface area contributed by atoms with Gasteiger partial charge < -0.3 is 9.84 Å². The topological polar surface area (TPSA) is 49.8 Å². The Balaban J connectivity index is 1.96. The van der Waals surface area contributed by atoms with E-state index < -0.39 is 5.97 Å². The Morgan fingerprint density at radius 3 is 2.76 bits per heavy atom. The van der Waals surface area contributed by atoms with Crippen LogP contribution >= 0.6 is 0 Å². The number of hydrogen-bond acceptors (Lipinski definition) is 3. The van der Waals surface area contributed by atoms with Gasteiger partial charge in [0.25, 0.3) is 0 Å². The van der Waals surface area contributed by atoms with E-state index in [1.807, 2.05) is 12.1 Å². The number of aromatic carboxylic acids is 1. The molecule has 0 aliphatic carbocycles. The number of hydrogen-bond donors (Lipinski definition) is 1. The first-order valence-corrected chi connectivity index (χ1v) is 5.81. The Kier molecular flexibility index (Phi) is 3.76. The van der Waals surface area contributed by atoms with Gasteiger partial charge in [0.05, 0.1) is 18.3 Å². The van der Waals surface area contributed by atoms with Crippen LogP contribution in [0.4, 0.5) is 0 Å². The molecule has 0 radical (unpaired) electrons. The fourth-order valence-corrected chi connectivity index (χ4v) is 2.05. The number of nitrogens with zero attached hydrogens (tertiary/aromatic N) is 1. The molecule has 1 N–H and O–H groups in total. The van der Waals surface area contributed by atoms with Crippen molar-refractivity contribution in [3.05, 3.63) is 35.4 Å². The van der Waals surface area contributed by atoms with Gasteiger partial charge in [-0.3, -0.25) is 4.90 Å². The summed E-state index contributed by atoms with van der Waals surface area (Å²) in [5.74, 6) is -0.878. The maximum absolute atomic E-state index is 10.7. The van der Waals surface area contributed by atoms with Gasteiger partial charge in [0, 0.05) is 19.6 Å². The van der Waals surface area contributed by atoms with E-state index in [4.69, 9.17) is 9.84 Å². The van der Waals surface area contributed by atoms with Crippen LogP contribution in [0.2, 0.25) is 0 Å². The van der Waals surface area contributed by atoms with Crippen molar-refractivity contribution in [2.45, 2.75) is 19.6 Å². The fraction of sp³-hybridized carbons (Fsp3) is 0.462. The molecular formula is C13H17NO3. The van der Waals surface area contributed by atoms with Gasteiger partial charge in [0.2, 0.25) is 0 Å². The molecule has 0 unspecified atom stereocenters. The van der Waals surface area contributed by atoms with Crippen molar-refractivity contribution in [1.29, 1.82) is 0 Å². The summed E-state index contributed by atoms with van der Waals surface area (Å²) < 4.78 is 5.48. The maximum atomic E-state index is 10.7. The molecule has 1 atom stereocenters. The van der Waals surface area contributed by atoms with E-state index in [-0.39, 0.29) is 6.10 Å². The molecule has 92 valence electrons. The van der Waals surface area contributed by atoms with Crippen molar-refractivity contribution in [1.82, 2.24) is 4.90 Å². The van der Waals surface area contributed by atoms with Gasteiger partial charge in [-0.25, -0.2) is 4.79 Å². The average Bonchev–Trinajstić information content (AvgIpc) is 2.29. The number of ether oxygens (including phenoxy) is 1. The van der Waals surface area contributed by atoms with Crippen LogP contribution in [0.1, 0.15) is 22.8 Å². The summed E-state index contributed by atoms with van der Waals surface area (Å²) in [6.45, 7) is 5.56. The summed E-state index contributed by atoms with van der Waals surface area (Å²) in [5, 5.41) is 8.80. The third-order valence-electron chi connectivity index (χ3n) is 2.93. The Morgan fingerprint density at radius 1 is 1.47 bits per heavy atom. The normalized spacial score (nSPS) is 21.4. The lowest BCUT2D eigenvalue weighted by Crippen LogP contribution is -2.40. The van der Waals surface area contributed by atoms with Crippen LogP contribution in [0.3, 0.4) is 0 Å². The van der Waals surface area contributed by atoms with Crippen LogP contribution in [0, 0.1) is 0 Å². The third kappa shape index (κ3) is 3.28. The number of carboxylic acid groups (broad SMARTS) is 1. The van der Waals surface area contributed by atoms with Crippen LogP contribution < -0.4 is 0 Å². The highest BCUT2D eigenvalue weighted by atomic mass is 16.5. The van der Waals surface area contributed by atoms with Crippen molar-refractivity contribution in [3.8, 4) is 0 Å². The zero-order valence-corrected chi connectivity index (χ0v) is 9.93. The second-order valence-electron chi connectivity index (χ2n) is 4.42. The monoisotopic (exact) mass is 235 g/mol. The van der Waals surface area contributed by atoms with Crippen LogP contribution in [0.15, 0.2) is 24.3 Å². The highest BCUT2D eigenvalue weighted by molar-refractivity contribution is 5.87. The zero-order chi connectivity index (χ0) is 12.3. The standard InChI is InChI=1S/C13H17NO3/c1-10-8-14(6-7-17-10)9-11-2-4-12(5-3-11)13(15)16/h2-5,10H,6-9H2,1H3,(H,15,16)/t10-/m1/s1. The predicted octanol–water partition coefficient (Wildman–Crippen LogP) is 1.61. The minimum Gasteiger partial charge on any atom is -0.478 e. The van der Waals surface area contributed by atoms with E-state index >= 15 is 0 Å². The molecule has 4 nitrogen and oxygen atoms in total. The highest BCUT2D eigenvalue weighted by Crippen LogP contribution is 2.11. The summed E-state index contributed by atoms with van der Waals surface area (Å²) in [4.78, 5) is 13.0. The fourth-order valence-electron chi connectivity index (χ4n) is 2.05. The maximum Gasteiger partial charge on any atom is 0.335 e. The SMILES string of the molecule is C[C@@H]1CN(Cc2ccc(C(=O)O)cc2)CCO1. The Hall–Kier alpha value is -1.39. The first-order chi connectivity index (χ1) is 8.15. The van der Waals surface area contributed by atoms with Crippen molar-refractivity contribution in [2.75, 3.05) is 19.7 Å². The van der Waals surface area contributed by atoms with Crippen molar-refractivity contribution in [3.63, 3.8) is 0 Å². The number of carboxylic acids is 1. The molecule has 1 aliphatic rings. The molecule has 1 aliphatic heterocycles. The molecule has 0 amide bonds. The number of carbonyl (C=O) groups is 1. The first kappa shape index (κ1) is 12.1. The molecule has 1 heterocycles. The molecule has 1 aromatic carbocycles. The summed E-state index contributed by atoms with van der Waals surface area (Å²) >= 11 is 0. The van der Waals surface area contributed by atoms with Gasteiger partial charge in [-0.05, 0) is 24.6 Å². The highest BCUT2D eigenvalue weighted by Gasteiger charge is 2.16. The molecule has 0 bridgehead atoms. The van der Waals surface area contributed by atoms with Gasteiger partial charge in [0.15, 0.2) is 0 Å². The molecule has 17 heavy (non-hydrogen) atoms. The minimum absolute atomic E-state index is 0.280. The molecular weight excluding hydrogens is 218 g/mol. The van der Waals surface area contributed by atoms with E-state index in [1.54, 1.807) is 12.1 Å². The molecule has 0 saturated carbocycles. The minimum atomic E-state index is -0.878. The predicted molar refractivity (Wildman–Crippen MR) is 64.1 cm³/mol. The Morgan fingerprint density at radius 2 is 2.18 bits per heavy atom. The molecule has 4 heteroatoms. The second kappa shape index (κ2) is 5.29. The van der Waals surface area contributed by atoms with Gasteiger partial charge in [-0.15, -0.1) is 0 Å². The van der Waals surface area contributed by atoms with E-state index in [2.05, 4.69) is 11.8 Å². The number of benzene rings is 1. The Labute approximate surface area is 101 Å². The zero-order valence-electron chi connectivity index (χ0n) is 9.93. The van der Waals surface area contributed by atoms with Crippen LogP contribution in [0.25, 0.3) is 0 Å². The molecule has 0 spiro atoms. The summed E-state index contributed by atoms with van der Waals surface area (Å²) in [5.41, 5.74) is 1.48. The van der Waals surface area contributed by atoms with Gasteiger partial charge in [-0.2, -0.15) is 0 Å². The molecule has 1 fully saturated rings. The molecule has 1 saturated heterocycles. The van der Waals surface area contributed by atoms with Crippen LogP contribution in [-0.4, -0.2) is 41.8 Å². The van der Waals surface area contributed by atoms with Crippen molar-refractivity contribution in [2.24, 2.45) is 0 Å². The molecule has 2 rings (SSSR count). The largest absolute Gasteiger partial charge is 0.478 e. The number of morpholine rings is 1. The third-order valence-corrected chi connectivity index (χ3v) is 2.93.